The van der Waals surface area contributed by atoms with Crippen LogP contribution < -0.4 is 10.1 Å². The summed E-state index contributed by atoms with van der Waals surface area (Å²) in [6.45, 7) is 8.06. The Bertz CT molecular complexity index is 1200. The molecule has 0 unspecified atom stereocenters. The third kappa shape index (κ3) is 4.87. The van der Waals surface area contributed by atoms with E-state index < -0.39 is 0 Å². The molecule has 1 N–H and O–H groups in total. The lowest BCUT2D eigenvalue weighted by atomic mass is 10.0. The van der Waals surface area contributed by atoms with Gasteiger partial charge in [-0.1, -0.05) is 42.5 Å². The van der Waals surface area contributed by atoms with Crippen LogP contribution in [0.3, 0.4) is 0 Å². The molecule has 0 bridgehead atoms. The van der Waals surface area contributed by atoms with Crippen LogP contribution in [0, 0.1) is 6.92 Å². The molecule has 1 saturated heterocycles. The van der Waals surface area contributed by atoms with Crippen molar-refractivity contribution in [1.29, 1.82) is 0 Å². The van der Waals surface area contributed by atoms with E-state index in [1.807, 2.05) is 19.1 Å². The van der Waals surface area contributed by atoms with Crippen molar-refractivity contribution in [1.82, 2.24) is 14.9 Å². The van der Waals surface area contributed by atoms with Gasteiger partial charge in [-0.15, -0.1) is 11.3 Å². The van der Waals surface area contributed by atoms with Crippen molar-refractivity contribution in [2.45, 2.75) is 39.3 Å². The Morgan fingerprint density at radius 1 is 1.03 bits per heavy atom. The summed E-state index contributed by atoms with van der Waals surface area (Å²) in [5.41, 5.74) is 3.79. The molecule has 1 fully saturated rings. The first-order chi connectivity index (χ1) is 16.2. The van der Waals surface area contributed by atoms with Crippen molar-refractivity contribution in [3.8, 4) is 16.9 Å². The molecule has 1 aliphatic heterocycles. The molecule has 4 aromatic rings. The highest BCUT2D eigenvalue weighted by Crippen LogP contribution is 2.41. The van der Waals surface area contributed by atoms with E-state index >= 15 is 0 Å². The SMILES string of the molecule is CCOc1ccc(-c2c(C)sc3ncnc(NC4CCN(Cc5ccccc5)CC4)c23)cc1. The van der Waals surface area contributed by atoms with Gasteiger partial charge in [0.25, 0.3) is 0 Å². The summed E-state index contributed by atoms with van der Waals surface area (Å²) in [4.78, 5) is 14.1. The molecule has 0 amide bonds. The number of hydrogen-bond acceptors (Lipinski definition) is 6. The zero-order chi connectivity index (χ0) is 22.6. The molecule has 6 heteroatoms. The molecule has 3 heterocycles. The number of aryl methyl sites for hydroxylation is 1. The summed E-state index contributed by atoms with van der Waals surface area (Å²) in [6, 6.07) is 19.5. The number of nitrogens with one attached hydrogen (secondary N) is 1. The second kappa shape index (κ2) is 9.89. The molecular weight excluding hydrogens is 428 g/mol. The number of piperidine rings is 1. The second-order valence-corrected chi connectivity index (χ2v) is 9.78. The van der Waals surface area contributed by atoms with Crippen molar-refractivity contribution in [3.63, 3.8) is 0 Å². The fourth-order valence-corrected chi connectivity index (χ4v) is 5.67. The van der Waals surface area contributed by atoms with E-state index in [4.69, 9.17) is 4.74 Å². The Morgan fingerprint density at radius 3 is 2.52 bits per heavy atom. The lowest BCUT2D eigenvalue weighted by Crippen LogP contribution is -2.38. The first-order valence-corrected chi connectivity index (χ1v) is 12.5. The van der Waals surface area contributed by atoms with Crippen LogP contribution in [0.1, 0.15) is 30.2 Å². The highest BCUT2D eigenvalue weighted by molar-refractivity contribution is 7.19. The first kappa shape index (κ1) is 21.9. The quantitative estimate of drug-likeness (QED) is 0.360. The molecule has 0 atom stereocenters. The van der Waals surface area contributed by atoms with Gasteiger partial charge in [0.05, 0.1) is 12.0 Å². The van der Waals surface area contributed by atoms with Crippen molar-refractivity contribution in [2.24, 2.45) is 0 Å². The smallest absolute Gasteiger partial charge is 0.139 e. The molecule has 33 heavy (non-hydrogen) atoms. The van der Waals surface area contributed by atoms with Crippen LogP contribution in [0.4, 0.5) is 5.82 Å². The van der Waals surface area contributed by atoms with Crippen LogP contribution in [-0.4, -0.2) is 40.6 Å². The average Bonchev–Trinajstić information content (AvgIpc) is 3.18. The molecular formula is C27H30N4OS. The van der Waals surface area contributed by atoms with E-state index in [9.17, 15) is 0 Å². The number of hydrogen-bond donors (Lipinski definition) is 1. The predicted molar refractivity (Wildman–Crippen MR) is 137 cm³/mol. The highest BCUT2D eigenvalue weighted by Gasteiger charge is 2.22. The minimum absolute atomic E-state index is 0.420. The molecule has 0 radical (unpaired) electrons. The van der Waals surface area contributed by atoms with Crippen LogP contribution in [0.2, 0.25) is 0 Å². The normalized spacial score (nSPS) is 15.1. The lowest BCUT2D eigenvalue weighted by molar-refractivity contribution is 0.211. The van der Waals surface area contributed by atoms with E-state index in [0.29, 0.717) is 12.6 Å². The monoisotopic (exact) mass is 458 g/mol. The summed E-state index contributed by atoms with van der Waals surface area (Å²) in [6.07, 6.45) is 3.91. The van der Waals surface area contributed by atoms with Crippen molar-refractivity contribution in [2.75, 3.05) is 25.0 Å². The Hall–Kier alpha value is -2.96. The standard InChI is InChI=1S/C27H30N4OS/c1-3-32-23-11-9-21(10-12-23)24-19(2)33-27-25(24)26(28-18-29-27)30-22-13-15-31(16-14-22)17-20-7-5-4-6-8-20/h4-12,18,22H,3,13-17H2,1-2H3,(H,28,29,30). The topological polar surface area (TPSA) is 50.3 Å². The first-order valence-electron chi connectivity index (χ1n) is 11.7. The Kier molecular flexibility index (Phi) is 6.55. The fraction of sp³-hybridized carbons (Fsp3) is 0.333. The number of fused-ring (bicyclic) bond motifs is 1. The third-order valence-corrected chi connectivity index (χ3v) is 7.31. The number of anilines is 1. The fourth-order valence-electron chi connectivity index (χ4n) is 4.66. The largest absolute Gasteiger partial charge is 0.494 e. The molecule has 0 aliphatic carbocycles. The van der Waals surface area contributed by atoms with Gasteiger partial charge in [-0.25, -0.2) is 9.97 Å². The number of rotatable bonds is 7. The van der Waals surface area contributed by atoms with E-state index in [1.54, 1.807) is 17.7 Å². The van der Waals surface area contributed by atoms with Gasteiger partial charge in [0, 0.05) is 36.1 Å². The molecule has 5 rings (SSSR count). The summed E-state index contributed by atoms with van der Waals surface area (Å²) in [5, 5.41) is 4.90. The van der Waals surface area contributed by atoms with E-state index in [1.165, 1.54) is 21.6 Å². The van der Waals surface area contributed by atoms with Crippen LogP contribution in [-0.2, 0) is 6.54 Å². The number of ether oxygens (including phenoxy) is 1. The zero-order valence-corrected chi connectivity index (χ0v) is 20.1. The summed E-state index contributed by atoms with van der Waals surface area (Å²) < 4.78 is 5.63. The number of likely N-dealkylation sites (tertiary alicyclic amines) is 1. The molecule has 2 aromatic heterocycles. The molecule has 2 aromatic carbocycles. The van der Waals surface area contributed by atoms with Gasteiger partial charge >= 0.3 is 0 Å². The van der Waals surface area contributed by atoms with Gasteiger partial charge < -0.3 is 10.1 Å². The average molecular weight is 459 g/mol. The summed E-state index contributed by atoms with van der Waals surface area (Å²) in [7, 11) is 0. The minimum atomic E-state index is 0.420. The lowest BCUT2D eigenvalue weighted by Gasteiger charge is -2.32. The molecule has 1 aliphatic rings. The zero-order valence-electron chi connectivity index (χ0n) is 19.3. The van der Waals surface area contributed by atoms with Crippen LogP contribution in [0.25, 0.3) is 21.3 Å². The van der Waals surface area contributed by atoms with Gasteiger partial charge in [0.1, 0.15) is 22.7 Å². The molecule has 170 valence electrons. The number of aromatic nitrogens is 2. The maximum absolute atomic E-state index is 5.63. The summed E-state index contributed by atoms with van der Waals surface area (Å²) >= 11 is 1.74. The number of nitrogens with zero attached hydrogens (tertiary/aromatic N) is 3. The Labute approximate surface area is 199 Å². The molecule has 5 nitrogen and oxygen atoms in total. The van der Waals surface area contributed by atoms with Crippen LogP contribution >= 0.6 is 11.3 Å². The Balaban J connectivity index is 1.34. The Morgan fingerprint density at radius 2 is 1.79 bits per heavy atom. The van der Waals surface area contributed by atoms with Crippen molar-refractivity contribution >= 4 is 27.4 Å². The maximum Gasteiger partial charge on any atom is 0.139 e. The second-order valence-electron chi connectivity index (χ2n) is 8.57. The highest BCUT2D eigenvalue weighted by atomic mass is 32.1. The summed E-state index contributed by atoms with van der Waals surface area (Å²) in [5.74, 6) is 1.85. The van der Waals surface area contributed by atoms with E-state index in [0.717, 1.165) is 54.3 Å². The maximum atomic E-state index is 5.63. The molecule has 0 spiro atoms. The molecule has 0 saturated carbocycles. The van der Waals surface area contributed by atoms with Crippen molar-refractivity contribution < 1.29 is 4.74 Å². The minimum Gasteiger partial charge on any atom is -0.494 e. The van der Waals surface area contributed by atoms with Gasteiger partial charge in [0.2, 0.25) is 0 Å². The van der Waals surface area contributed by atoms with Crippen molar-refractivity contribution in [3.05, 3.63) is 71.4 Å². The predicted octanol–water partition coefficient (Wildman–Crippen LogP) is 6.14. The van der Waals surface area contributed by atoms with E-state index in [2.05, 4.69) is 69.6 Å². The number of thiophene rings is 1. The van der Waals surface area contributed by atoms with Gasteiger partial charge in [0.15, 0.2) is 0 Å². The van der Waals surface area contributed by atoms with Gasteiger partial charge in [-0.05, 0) is 49.9 Å². The van der Waals surface area contributed by atoms with Crippen LogP contribution in [0.15, 0.2) is 60.9 Å². The third-order valence-electron chi connectivity index (χ3n) is 6.30. The number of benzene rings is 2. The van der Waals surface area contributed by atoms with Gasteiger partial charge in [-0.3, -0.25) is 4.90 Å². The van der Waals surface area contributed by atoms with Crippen LogP contribution in [0.5, 0.6) is 5.75 Å². The van der Waals surface area contributed by atoms with Gasteiger partial charge in [-0.2, -0.15) is 0 Å². The van der Waals surface area contributed by atoms with E-state index in [-0.39, 0.29) is 0 Å².